The molecule has 0 spiro atoms. The van der Waals surface area contributed by atoms with Gasteiger partial charge in [0.15, 0.2) is 0 Å². The molecule has 0 aliphatic heterocycles. The second kappa shape index (κ2) is 3.22. The molecule has 0 aromatic heterocycles. The summed E-state index contributed by atoms with van der Waals surface area (Å²) in [6, 6.07) is 8.19. The number of nitriles is 1. The maximum Gasteiger partial charge on any atom is 0.0992 e. The van der Waals surface area contributed by atoms with Crippen LogP contribution in [0.2, 0.25) is 0 Å². The van der Waals surface area contributed by atoms with Crippen molar-refractivity contribution in [2.45, 2.75) is 18.9 Å². The molecule has 3 heteroatoms. The standard InChI is InChI=1S/C11H13N3/c1-14(9-3-4-9)11-5-2-8(7-12)6-10(11)13/h2,5-6,9H,3-4,13H2,1H3. The van der Waals surface area contributed by atoms with E-state index in [0.717, 1.165) is 5.69 Å². The molecule has 2 rings (SSSR count). The van der Waals surface area contributed by atoms with E-state index < -0.39 is 0 Å². The van der Waals surface area contributed by atoms with Gasteiger partial charge in [-0.25, -0.2) is 0 Å². The predicted molar refractivity (Wildman–Crippen MR) is 57.0 cm³/mol. The third kappa shape index (κ3) is 1.51. The summed E-state index contributed by atoms with van der Waals surface area (Å²) in [5.41, 5.74) is 8.22. The Morgan fingerprint density at radius 2 is 2.21 bits per heavy atom. The van der Waals surface area contributed by atoms with Crippen LogP contribution in [-0.4, -0.2) is 13.1 Å². The number of rotatable bonds is 2. The van der Waals surface area contributed by atoms with Gasteiger partial charge >= 0.3 is 0 Å². The van der Waals surface area contributed by atoms with E-state index in [-0.39, 0.29) is 0 Å². The average Bonchev–Trinajstić information content (AvgIpc) is 3.00. The Hall–Kier alpha value is -1.69. The van der Waals surface area contributed by atoms with Crippen LogP contribution in [0.3, 0.4) is 0 Å². The summed E-state index contributed by atoms with van der Waals surface area (Å²) in [7, 11) is 2.05. The van der Waals surface area contributed by atoms with E-state index in [1.54, 1.807) is 6.07 Å². The van der Waals surface area contributed by atoms with Crippen molar-refractivity contribution < 1.29 is 0 Å². The highest BCUT2D eigenvalue weighted by Crippen LogP contribution is 2.33. The highest BCUT2D eigenvalue weighted by atomic mass is 15.2. The lowest BCUT2D eigenvalue weighted by atomic mass is 10.2. The van der Waals surface area contributed by atoms with Crippen LogP contribution in [0.1, 0.15) is 18.4 Å². The Labute approximate surface area is 83.7 Å². The number of hydrogen-bond donors (Lipinski definition) is 1. The molecular formula is C11H13N3. The second-order valence-electron chi connectivity index (χ2n) is 3.73. The minimum atomic E-state index is 0.621. The maximum absolute atomic E-state index is 8.69. The van der Waals surface area contributed by atoms with Crippen LogP contribution in [0.4, 0.5) is 11.4 Å². The molecule has 1 aliphatic rings. The molecular weight excluding hydrogens is 174 g/mol. The zero-order valence-corrected chi connectivity index (χ0v) is 8.20. The molecule has 72 valence electrons. The van der Waals surface area contributed by atoms with Gasteiger partial charge < -0.3 is 10.6 Å². The first-order valence-corrected chi connectivity index (χ1v) is 4.75. The Morgan fingerprint density at radius 3 is 2.71 bits per heavy atom. The van der Waals surface area contributed by atoms with E-state index in [1.807, 2.05) is 12.1 Å². The van der Waals surface area contributed by atoms with Crippen LogP contribution >= 0.6 is 0 Å². The van der Waals surface area contributed by atoms with Gasteiger partial charge in [-0.2, -0.15) is 5.26 Å². The molecule has 0 radical (unpaired) electrons. The van der Waals surface area contributed by atoms with E-state index in [2.05, 4.69) is 18.0 Å². The minimum absolute atomic E-state index is 0.621. The SMILES string of the molecule is CN(c1ccc(C#N)cc1N)C1CC1. The molecule has 1 aromatic rings. The molecule has 0 atom stereocenters. The highest BCUT2D eigenvalue weighted by Gasteiger charge is 2.27. The molecule has 0 bridgehead atoms. The van der Waals surface area contributed by atoms with Crippen molar-refractivity contribution >= 4 is 11.4 Å². The number of nitrogen functional groups attached to an aromatic ring is 1. The second-order valence-corrected chi connectivity index (χ2v) is 3.73. The Kier molecular flexibility index (Phi) is 2.05. The zero-order chi connectivity index (χ0) is 10.1. The first-order valence-electron chi connectivity index (χ1n) is 4.75. The zero-order valence-electron chi connectivity index (χ0n) is 8.20. The van der Waals surface area contributed by atoms with Crippen LogP contribution < -0.4 is 10.6 Å². The summed E-state index contributed by atoms with van der Waals surface area (Å²) >= 11 is 0. The molecule has 14 heavy (non-hydrogen) atoms. The molecule has 1 aliphatic carbocycles. The predicted octanol–water partition coefficient (Wildman–Crippen LogP) is 1.74. The summed E-state index contributed by atoms with van der Waals surface area (Å²) in [6.45, 7) is 0. The van der Waals surface area contributed by atoms with Crippen molar-refractivity contribution in [3.05, 3.63) is 23.8 Å². The van der Waals surface area contributed by atoms with Crippen molar-refractivity contribution in [2.75, 3.05) is 17.7 Å². The van der Waals surface area contributed by atoms with E-state index in [4.69, 9.17) is 11.0 Å². The Balaban J connectivity index is 2.30. The number of nitrogens with two attached hydrogens (primary N) is 1. The Bertz CT molecular complexity index is 388. The fourth-order valence-electron chi connectivity index (χ4n) is 1.60. The lowest BCUT2D eigenvalue weighted by Crippen LogP contribution is -2.20. The molecule has 1 saturated carbocycles. The van der Waals surface area contributed by atoms with Gasteiger partial charge in [0, 0.05) is 13.1 Å². The van der Waals surface area contributed by atoms with Gasteiger partial charge in [0.1, 0.15) is 0 Å². The van der Waals surface area contributed by atoms with Gasteiger partial charge in [0.25, 0.3) is 0 Å². The number of anilines is 2. The molecule has 1 aromatic carbocycles. The molecule has 2 N–H and O–H groups in total. The van der Waals surface area contributed by atoms with Gasteiger partial charge in [-0.05, 0) is 31.0 Å². The van der Waals surface area contributed by atoms with E-state index >= 15 is 0 Å². The lowest BCUT2D eigenvalue weighted by Gasteiger charge is -2.20. The number of benzene rings is 1. The van der Waals surface area contributed by atoms with Gasteiger partial charge in [-0.1, -0.05) is 0 Å². The van der Waals surface area contributed by atoms with Crippen molar-refractivity contribution in [3.8, 4) is 6.07 Å². The van der Waals surface area contributed by atoms with Crippen molar-refractivity contribution in [3.63, 3.8) is 0 Å². The maximum atomic E-state index is 8.69. The smallest absolute Gasteiger partial charge is 0.0992 e. The molecule has 0 unspecified atom stereocenters. The topological polar surface area (TPSA) is 53.0 Å². The first kappa shape index (κ1) is 8.89. The normalized spacial score (nSPS) is 14.9. The van der Waals surface area contributed by atoms with E-state index in [9.17, 15) is 0 Å². The van der Waals surface area contributed by atoms with Crippen LogP contribution in [0.25, 0.3) is 0 Å². The van der Waals surface area contributed by atoms with Gasteiger partial charge in [-0.3, -0.25) is 0 Å². The lowest BCUT2D eigenvalue weighted by molar-refractivity contribution is 0.919. The van der Waals surface area contributed by atoms with Crippen LogP contribution in [0.5, 0.6) is 0 Å². The van der Waals surface area contributed by atoms with Crippen LogP contribution in [0, 0.1) is 11.3 Å². The van der Waals surface area contributed by atoms with Crippen molar-refractivity contribution in [1.82, 2.24) is 0 Å². The highest BCUT2D eigenvalue weighted by molar-refractivity contribution is 5.70. The monoisotopic (exact) mass is 187 g/mol. The van der Waals surface area contributed by atoms with Crippen molar-refractivity contribution in [2.24, 2.45) is 0 Å². The summed E-state index contributed by atoms with van der Waals surface area (Å²) in [6.07, 6.45) is 2.49. The third-order valence-electron chi connectivity index (χ3n) is 2.63. The van der Waals surface area contributed by atoms with Crippen molar-refractivity contribution in [1.29, 1.82) is 5.26 Å². The quantitative estimate of drug-likeness (QED) is 0.717. The fraction of sp³-hybridized carbons (Fsp3) is 0.364. The van der Waals surface area contributed by atoms with E-state index in [0.29, 0.717) is 17.3 Å². The molecule has 0 amide bonds. The summed E-state index contributed by atoms with van der Waals surface area (Å²) in [4.78, 5) is 2.19. The summed E-state index contributed by atoms with van der Waals surface area (Å²) in [5.74, 6) is 0. The summed E-state index contributed by atoms with van der Waals surface area (Å²) < 4.78 is 0. The van der Waals surface area contributed by atoms with Crippen LogP contribution in [0.15, 0.2) is 18.2 Å². The Morgan fingerprint density at radius 1 is 1.50 bits per heavy atom. The minimum Gasteiger partial charge on any atom is -0.397 e. The van der Waals surface area contributed by atoms with Gasteiger partial charge in [0.2, 0.25) is 0 Å². The number of nitrogens with zero attached hydrogens (tertiary/aromatic N) is 2. The van der Waals surface area contributed by atoms with Crippen LogP contribution in [-0.2, 0) is 0 Å². The molecule has 0 saturated heterocycles. The molecule has 0 heterocycles. The first-order chi connectivity index (χ1) is 6.72. The molecule has 3 nitrogen and oxygen atoms in total. The van der Waals surface area contributed by atoms with Gasteiger partial charge in [-0.15, -0.1) is 0 Å². The molecule has 1 fully saturated rings. The third-order valence-corrected chi connectivity index (χ3v) is 2.63. The summed E-state index contributed by atoms with van der Waals surface area (Å²) in [5, 5.41) is 8.69. The average molecular weight is 187 g/mol. The largest absolute Gasteiger partial charge is 0.397 e. The number of hydrogen-bond acceptors (Lipinski definition) is 3. The van der Waals surface area contributed by atoms with E-state index in [1.165, 1.54) is 12.8 Å². The van der Waals surface area contributed by atoms with Gasteiger partial charge in [0.05, 0.1) is 23.0 Å². The fourth-order valence-corrected chi connectivity index (χ4v) is 1.60.